The third-order valence-corrected chi connectivity index (χ3v) is 2.97. The average molecular weight is 264 g/mol. The van der Waals surface area contributed by atoms with Gasteiger partial charge in [-0.2, -0.15) is 0 Å². The number of ether oxygens (including phenoxy) is 1. The Morgan fingerprint density at radius 1 is 1.16 bits per heavy atom. The molecule has 1 rings (SSSR count). The van der Waals surface area contributed by atoms with Gasteiger partial charge in [-0.05, 0) is 43.5 Å². The van der Waals surface area contributed by atoms with Crippen LogP contribution in [-0.4, -0.2) is 33.2 Å². The van der Waals surface area contributed by atoms with E-state index in [1.807, 2.05) is 24.3 Å². The number of amides is 1. The summed E-state index contributed by atoms with van der Waals surface area (Å²) in [6.07, 6.45) is 3.48. The minimum absolute atomic E-state index is 0.0438. The average Bonchev–Trinajstić information content (AvgIpc) is 2.46. The Morgan fingerprint density at radius 3 is 2.53 bits per heavy atom. The third kappa shape index (κ3) is 6.36. The number of hydrogen-bond donors (Lipinski definition) is 2. The van der Waals surface area contributed by atoms with Gasteiger partial charge in [-0.25, -0.2) is 0 Å². The molecule has 106 valence electrons. The molecule has 0 unspecified atom stereocenters. The fourth-order valence-corrected chi connectivity index (χ4v) is 1.82. The normalized spacial score (nSPS) is 10.4. The smallest absolute Gasteiger partial charge is 0.251 e. The quantitative estimate of drug-likeness (QED) is 0.670. The number of benzene rings is 1. The predicted octanol–water partition coefficient (Wildman–Crippen LogP) is 1.95. The van der Waals surface area contributed by atoms with Gasteiger partial charge in [0.2, 0.25) is 0 Å². The van der Waals surface area contributed by atoms with Gasteiger partial charge in [0.05, 0.1) is 0 Å². The lowest BCUT2D eigenvalue weighted by atomic mass is 10.1. The van der Waals surface area contributed by atoms with Crippen molar-refractivity contribution < 1.29 is 9.53 Å². The molecular weight excluding hydrogens is 240 g/mol. The predicted molar refractivity (Wildman–Crippen MR) is 77.3 cm³/mol. The Balaban J connectivity index is 2.18. The van der Waals surface area contributed by atoms with Crippen molar-refractivity contribution in [3.63, 3.8) is 0 Å². The summed E-state index contributed by atoms with van der Waals surface area (Å²) < 4.78 is 5.00. The molecule has 0 atom stereocenters. The van der Waals surface area contributed by atoms with Crippen LogP contribution in [0.1, 0.15) is 35.2 Å². The molecule has 0 aromatic heterocycles. The van der Waals surface area contributed by atoms with E-state index in [0.29, 0.717) is 5.56 Å². The minimum Gasteiger partial charge on any atom is -0.385 e. The van der Waals surface area contributed by atoms with Crippen molar-refractivity contribution in [2.75, 3.05) is 27.3 Å². The monoisotopic (exact) mass is 264 g/mol. The van der Waals surface area contributed by atoms with E-state index >= 15 is 0 Å². The highest BCUT2D eigenvalue weighted by atomic mass is 16.5. The molecular formula is C15H24N2O2. The fourth-order valence-electron chi connectivity index (χ4n) is 1.82. The van der Waals surface area contributed by atoms with Crippen LogP contribution in [0.25, 0.3) is 0 Å². The van der Waals surface area contributed by atoms with Gasteiger partial charge in [0, 0.05) is 32.9 Å². The molecule has 4 nitrogen and oxygen atoms in total. The van der Waals surface area contributed by atoms with Gasteiger partial charge in [-0.1, -0.05) is 12.1 Å². The van der Waals surface area contributed by atoms with Gasteiger partial charge in [-0.3, -0.25) is 4.79 Å². The first-order valence-electron chi connectivity index (χ1n) is 6.78. The van der Waals surface area contributed by atoms with Crippen LogP contribution in [0.2, 0.25) is 0 Å². The molecule has 0 bridgehead atoms. The number of carbonyl (C=O) groups excluding carboxylic acids is 1. The zero-order valence-corrected chi connectivity index (χ0v) is 11.9. The van der Waals surface area contributed by atoms with Gasteiger partial charge in [0.1, 0.15) is 0 Å². The summed E-state index contributed by atoms with van der Waals surface area (Å²) in [6, 6.07) is 7.69. The molecule has 1 aromatic carbocycles. The maximum atomic E-state index is 11.4. The van der Waals surface area contributed by atoms with Gasteiger partial charge in [0.15, 0.2) is 0 Å². The SMILES string of the molecule is CNC(=O)c1ccc(CNCCCCCOC)cc1. The molecule has 0 aliphatic heterocycles. The highest BCUT2D eigenvalue weighted by molar-refractivity contribution is 5.93. The van der Waals surface area contributed by atoms with Crippen molar-refractivity contribution in [1.82, 2.24) is 10.6 Å². The van der Waals surface area contributed by atoms with Crippen molar-refractivity contribution in [2.45, 2.75) is 25.8 Å². The molecule has 0 spiro atoms. The lowest BCUT2D eigenvalue weighted by Crippen LogP contribution is -2.18. The molecule has 0 aliphatic carbocycles. The maximum absolute atomic E-state index is 11.4. The summed E-state index contributed by atoms with van der Waals surface area (Å²) in [4.78, 5) is 11.4. The lowest BCUT2D eigenvalue weighted by Gasteiger charge is -2.06. The van der Waals surface area contributed by atoms with Crippen LogP contribution in [0.4, 0.5) is 0 Å². The second-order valence-corrected chi connectivity index (χ2v) is 4.51. The van der Waals surface area contributed by atoms with Crippen LogP contribution in [0.15, 0.2) is 24.3 Å². The first kappa shape index (κ1) is 15.7. The largest absolute Gasteiger partial charge is 0.385 e. The molecule has 0 aliphatic rings. The first-order chi connectivity index (χ1) is 9.27. The van der Waals surface area contributed by atoms with E-state index in [-0.39, 0.29) is 5.91 Å². The summed E-state index contributed by atoms with van der Waals surface area (Å²) in [6.45, 7) is 2.71. The molecule has 0 saturated heterocycles. The highest BCUT2D eigenvalue weighted by Crippen LogP contribution is 2.04. The Kier molecular flexibility index (Phi) is 7.86. The fraction of sp³-hybridized carbons (Fsp3) is 0.533. The number of carbonyl (C=O) groups is 1. The Bertz CT molecular complexity index is 363. The van der Waals surface area contributed by atoms with Crippen LogP contribution in [-0.2, 0) is 11.3 Å². The Hall–Kier alpha value is -1.39. The summed E-state index contributed by atoms with van der Waals surface area (Å²) in [7, 11) is 3.38. The van der Waals surface area contributed by atoms with Crippen molar-refractivity contribution in [1.29, 1.82) is 0 Å². The second-order valence-electron chi connectivity index (χ2n) is 4.51. The van der Waals surface area contributed by atoms with Crippen LogP contribution < -0.4 is 10.6 Å². The van der Waals surface area contributed by atoms with Gasteiger partial charge in [0.25, 0.3) is 5.91 Å². The third-order valence-electron chi connectivity index (χ3n) is 2.97. The van der Waals surface area contributed by atoms with E-state index in [4.69, 9.17) is 4.74 Å². The number of hydrogen-bond acceptors (Lipinski definition) is 3. The Morgan fingerprint density at radius 2 is 1.89 bits per heavy atom. The lowest BCUT2D eigenvalue weighted by molar-refractivity contribution is 0.0963. The van der Waals surface area contributed by atoms with Crippen molar-refractivity contribution in [2.24, 2.45) is 0 Å². The number of methoxy groups -OCH3 is 1. The van der Waals surface area contributed by atoms with E-state index < -0.39 is 0 Å². The maximum Gasteiger partial charge on any atom is 0.251 e. The molecule has 0 fully saturated rings. The van der Waals surface area contributed by atoms with Crippen LogP contribution in [0, 0.1) is 0 Å². The zero-order chi connectivity index (χ0) is 13.9. The highest BCUT2D eigenvalue weighted by Gasteiger charge is 2.01. The second kappa shape index (κ2) is 9.53. The number of rotatable bonds is 9. The van der Waals surface area contributed by atoms with Crippen molar-refractivity contribution >= 4 is 5.91 Å². The van der Waals surface area contributed by atoms with Crippen LogP contribution in [0.3, 0.4) is 0 Å². The molecule has 2 N–H and O–H groups in total. The van der Waals surface area contributed by atoms with Crippen molar-refractivity contribution in [3.05, 3.63) is 35.4 Å². The van der Waals surface area contributed by atoms with E-state index in [2.05, 4.69) is 10.6 Å². The molecule has 19 heavy (non-hydrogen) atoms. The van der Waals surface area contributed by atoms with Crippen LogP contribution in [0.5, 0.6) is 0 Å². The zero-order valence-electron chi connectivity index (χ0n) is 11.9. The van der Waals surface area contributed by atoms with E-state index in [1.54, 1.807) is 14.2 Å². The number of unbranched alkanes of at least 4 members (excludes halogenated alkanes) is 2. The van der Waals surface area contributed by atoms with Gasteiger partial charge in [-0.15, -0.1) is 0 Å². The first-order valence-corrected chi connectivity index (χ1v) is 6.78. The molecule has 1 aromatic rings. The minimum atomic E-state index is -0.0438. The molecule has 4 heteroatoms. The topological polar surface area (TPSA) is 50.4 Å². The summed E-state index contributed by atoms with van der Waals surface area (Å²) in [5.74, 6) is -0.0438. The molecule has 0 heterocycles. The molecule has 0 saturated carbocycles. The Labute approximate surface area is 115 Å². The van der Waals surface area contributed by atoms with Crippen LogP contribution >= 0.6 is 0 Å². The van der Waals surface area contributed by atoms with E-state index in [9.17, 15) is 4.79 Å². The van der Waals surface area contributed by atoms with Gasteiger partial charge >= 0.3 is 0 Å². The molecule has 0 radical (unpaired) electrons. The molecule has 1 amide bonds. The van der Waals surface area contributed by atoms with Crippen molar-refractivity contribution in [3.8, 4) is 0 Å². The summed E-state index contributed by atoms with van der Waals surface area (Å²) in [5.41, 5.74) is 1.90. The van der Waals surface area contributed by atoms with E-state index in [1.165, 1.54) is 18.4 Å². The van der Waals surface area contributed by atoms with Gasteiger partial charge < -0.3 is 15.4 Å². The number of nitrogens with one attached hydrogen (secondary N) is 2. The summed E-state index contributed by atoms with van der Waals surface area (Å²) in [5, 5.41) is 6.01. The standard InChI is InChI=1S/C15H24N2O2/c1-16-15(18)14-8-6-13(7-9-14)12-17-10-4-3-5-11-19-2/h6-9,17H,3-5,10-12H2,1-2H3,(H,16,18). The summed E-state index contributed by atoms with van der Waals surface area (Å²) >= 11 is 0. The van der Waals surface area contributed by atoms with E-state index in [0.717, 1.165) is 26.1 Å².